The SMILES string of the molecule is COc1ccc(NSc2cnsc2)c2[nH]cc(C#N)c12. The van der Waals surface area contributed by atoms with E-state index in [-0.39, 0.29) is 0 Å². The predicted octanol–water partition coefficient (Wildman–Crippen LogP) is 3.62. The summed E-state index contributed by atoms with van der Waals surface area (Å²) in [5.41, 5.74) is 2.33. The predicted molar refractivity (Wildman–Crippen MR) is 81.2 cm³/mol. The molecule has 5 nitrogen and oxygen atoms in total. The number of aromatic nitrogens is 2. The molecule has 3 rings (SSSR count). The number of ether oxygens (including phenoxy) is 1. The lowest BCUT2D eigenvalue weighted by Gasteiger charge is -2.08. The second kappa shape index (κ2) is 5.45. The standard InChI is InChI=1S/C13H10N4OS2/c1-18-11-3-2-10(17-20-9-6-16-19-7-9)13-12(11)8(4-14)5-15-13/h2-3,5-7,15,17H,1H3. The largest absolute Gasteiger partial charge is 0.496 e. The Morgan fingerprint density at radius 2 is 2.40 bits per heavy atom. The highest BCUT2D eigenvalue weighted by atomic mass is 32.2. The van der Waals surface area contributed by atoms with Gasteiger partial charge >= 0.3 is 0 Å². The van der Waals surface area contributed by atoms with Gasteiger partial charge in [0.15, 0.2) is 0 Å². The van der Waals surface area contributed by atoms with Crippen LogP contribution in [0.4, 0.5) is 5.69 Å². The molecular formula is C13H10N4OS2. The Morgan fingerprint density at radius 1 is 1.50 bits per heavy atom. The topological polar surface area (TPSA) is 73.7 Å². The quantitative estimate of drug-likeness (QED) is 0.720. The molecule has 3 aromatic rings. The molecule has 0 amide bonds. The first-order chi connectivity index (χ1) is 9.83. The molecule has 0 aliphatic carbocycles. The van der Waals surface area contributed by atoms with Crippen molar-refractivity contribution in [3.63, 3.8) is 0 Å². The van der Waals surface area contributed by atoms with Gasteiger partial charge in [0, 0.05) is 11.6 Å². The lowest BCUT2D eigenvalue weighted by molar-refractivity contribution is 0.420. The van der Waals surface area contributed by atoms with Gasteiger partial charge in [0.05, 0.1) is 40.4 Å². The zero-order chi connectivity index (χ0) is 13.9. The molecule has 100 valence electrons. The molecule has 7 heteroatoms. The first kappa shape index (κ1) is 12.8. The maximum atomic E-state index is 9.16. The van der Waals surface area contributed by atoms with E-state index < -0.39 is 0 Å². The Morgan fingerprint density at radius 3 is 3.10 bits per heavy atom. The molecule has 2 aromatic heterocycles. The van der Waals surface area contributed by atoms with Gasteiger partial charge in [-0.15, -0.1) is 0 Å². The Kier molecular flexibility index (Phi) is 3.50. The number of anilines is 1. The van der Waals surface area contributed by atoms with Gasteiger partial charge in [0.25, 0.3) is 0 Å². The summed E-state index contributed by atoms with van der Waals surface area (Å²) in [6, 6.07) is 5.94. The summed E-state index contributed by atoms with van der Waals surface area (Å²) in [7, 11) is 1.60. The minimum atomic E-state index is 0.572. The zero-order valence-corrected chi connectivity index (χ0v) is 12.1. The molecule has 1 aromatic carbocycles. The maximum absolute atomic E-state index is 9.16. The van der Waals surface area contributed by atoms with Gasteiger partial charge in [-0.25, -0.2) is 0 Å². The molecule has 0 aliphatic rings. The highest BCUT2D eigenvalue weighted by Gasteiger charge is 2.13. The van der Waals surface area contributed by atoms with E-state index in [1.807, 2.05) is 17.5 Å². The molecule has 0 radical (unpaired) electrons. The average Bonchev–Trinajstić information content (AvgIpc) is 3.14. The van der Waals surface area contributed by atoms with E-state index in [0.717, 1.165) is 21.5 Å². The van der Waals surface area contributed by atoms with E-state index in [4.69, 9.17) is 10.00 Å². The first-order valence-electron chi connectivity index (χ1n) is 5.74. The van der Waals surface area contributed by atoms with E-state index >= 15 is 0 Å². The van der Waals surface area contributed by atoms with Crippen molar-refractivity contribution in [2.24, 2.45) is 0 Å². The van der Waals surface area contributed by atoms with Crippen LogP contribution in [0.1, 0.15) is 5.56 Å². The zero-order valence-electron chi connectivity index (χ0n) is 10.5. The Balaban J connectivity index is 2.00. The minimum absolute atomic E-state index is 0.572. The molecular weight excluding hydrogens is 292 g/mol. The smallest absolute Gasteiger partial charge is 0.129 e. The van der Waals surface area contributed by atoms with Gasteiger partial charge in [-0.2, -0.15) is 9.64 Å². The van der Waals surface area contributed by atoms with Gasteiger partial charge in [0.1, 0.15) is 11.8 Å². The molecule has 0 saturated carbocycles. The summed E-state index contributed by atoms with van der Waals surface area (Å²) in [6.07, 6.45) is 3.49. The Bertz CT molecular complexity index is 774. The fraction of sp³-hybridized carbons (Fsp3) is 0.0769. The number of nitriles is 1. The van der Waals surface area contributed by atoms with Crippen LogP contribution in [0.2, 0.25) is 0 Å². The lowest BCUT2D eigenvalue weighted by atomic mass is 10.1. The molecule has 0 fully saturated rings. The van der Waals surface area contributed by atoms with Gasteiger partial charge in [-0.1, -0.05) is 0 Å². The molecule has 0 atom stereocenters. The van der Waals surface area contributed by atoms with E-state index in [2.05, 4.69) is 20.1 Å². The van der Waals surface area contributed by atoms with Gasteiger partial charge in [-0.05, 0) is 35.6 Å². The normalized spacial score (nSPS) is 10.4. The summed E-state index contributed by atoms with van der Waals surface area (Å²) in [5, 5.41) is 11.9. The number of hydrogen-bond acceptors (Lipinski definition) is 6. The van der Waals surface area contributed by atoms with Crippen LogP contribution in [0.5, 0.6) is 5.75 Å². The minimum Gasteiger partial charge on any atom is -0.496 e. The van der Waals surface area contributed by atoms with E-state index in [0.29, 0.717) is 11.3 Å². The molecule has 2 N–H and O–H groups in total. The number of nitrogens with zero attached hydrogens (tertiary/aromatic N) is 2. The van der Waals surface area contributed by atoms with Crippen LogP contribution in [-0.2, 0) is 0 Å². The first-order valence-corrected chi connectivity index (χ1v) is 7.39. The van der Waals surface area contributed by atoms with E-state index in [1.165, 1.54) is 23.5 Å². The van der Waals surface area contributed by atoms with Crippen molar-refractivity contribution >= 4 is 40.1 Å². The third-order valence-electron chi connectivity index (χ3n) is 2.83. The van der Waals surface area contributed by atoms with Crippen LogP contribution >= 0.6 is 23.5 Å². The molecule has 0 aliphatic heterocycles. The van der Waals surface area contributed by atoms with Crippen molar-refractivity contribution in [2.45, 2.75) is 4.90 Å². The van der Waals surface area contributed by atoms with Crippen LogP contribution in [0.3, 0.4) is 0 Å². The van der Waals surface area contributed by atoms with Crippen molar-refractivity contribution in [3.05, 3.63) is 35.5 Å². The monoisotopic (exact) mass is 302 g/mol. The molecule has 0 bridgehead atoms. The van der Waals surface area contributed by atoms with Crippen molar-refractivity contribution < 1.29 is 4.74 Å². The summed E-state index contributed by atoms with van der Waals surface area (Å²) < 4.78 is 12.6. The van der Waals surface area contributed by atoms with Crippen LogP contribution in [0.15, 0.2) is 34.8 Å². The highest BCUT2D eigenvalue weighted by molar-refractivity contribution is 8.00. The fourth-order valence-corrected chi connectivity index (χ4v) is 3.21. The van der Waals surface area contributed by atoms with Crippen molar-refractivity contribution in [3.8, 4) is 11.8 Å². The molecule has 0 spiro atoms. The maximum Gasteiger partial charge on any atom is 0.129 e. The summed E-state index contributed by atoms with van der Waals surface area (Å²) in [5.74, 6) is 0.686. The second-order valence-electron chi connectivity index (χ2n) is 3.94. The summed E-state index contributed by atoms with van der Waals surface area (Å²) in [4.78, 5) is 4.17. The van der Waals surface area contributed by atoms with Crippen LogP contribution in [0, 0.1) is 11.3 Å². The number of hydrogen-bond donors (Lipinski definition) is 2. The third-order valence-corrected chi connectivity index (χ3v) is 4.34. The van der Waals surface area contributed by atoms with Crippen LogP contribution < -0.4 is 9.46 Å². The van der Waals surface area contributed by atoms with Gasteiger partial charge in [-0.3, -0.25) is 0 Å². The highest BCUT2D eigenvalue weighted by Crippen LogP contribution is 2.35. The number of fused-ring (bicyclic) bond motifs is 1. The molecule has 2 heterocycles. The molecule has 0 unspecified atom stereocenters. The number of nitrogens with one attached hydrogen (secondary N) is 2. The van der Waals surface area contributed by atoms with Crippen molar-refractivity contribution in [1.29, 1.82) is 5.26 Å². The number of rotatable bonds is 4. The van der Waals surface area contributed by atoms with Crippen molar-refractivity contribution in [1.82, 2.24) is 9.36 Å². The van der Waals surface area contributed by atoms with E-state index in [1.54, 1.807) is 19.5 Å². The second-order valence-corrected chi connectivity index (χ2v) is 5.48. The Hall–Kier alpha value is -2.17. The van der Waals surface area contributed by atoms with Crippen LogP contribution in [-0.4, -0.2) is 16.5 Å². The lowest BCUT2D eigenvalue weighted by Crippen LogP contribution is -1.90. The van der Waals surface area contributed by atoms with Crippen molar-refractivity contribution in [2.75, 3.05) is 11.8 Å². The summed E-state index contributed by atoms with van der Waals surface area (Å²) in [6.45, 7) is 0. The number of methoxy groups -OCH3 is 1. The summed E-state index contributed by atoms with van der Waals surface area (Å²) >= 11 is 2.89. The van der Waals surface area contributed by atoms with Crippen LogP contribution in [0.25, 0.3) is 10.9 Å². The van der Waals surface area contributed by atoms with Gasteiger partial charge in [0.2, 0.25) is 0 Å². The number of aromatic amines is 1. The van der Waals surface area contributed by atoms with E-state index in [9.17, 15) is 0 Å². The number of benzene rings is 1. The Labute approximate surface area is 123 Å². The van der Waals surface area contributed by atoms with Gasteiger partial charge < -0.3 is 14.4 Å². The fourth-order valence-electron chi connectivity index (χ4n) is 1.92. The average molecular weight is 302 g/mol. The molecule has 0 saturated heterocycles. The number of H-pyrrole nitrogens is 1. The third kappa shape index (κ3) is 2.19. The molecule has 20 heavy (non-hydrogen) atoms.